The van der Waals surface area contributed by atoms with Gasteiger partial charge in [0, 0.05) is 23.5 Å². The van der Waals surface area contributed by atoms with Gasteiger partial charge in [0.25, 0.3) is 5.91 Å². The Labute approximate surface area is 125 Å². The first-order valence-electron chi connectivity index (χ1n) is 7.10. The lowest BCUT2D eigenvalue weighted by molar-refractivity contribution is 0.102. The van der Waals surface area contributed by atoms with E-state index in [1.54, 1.807) is 12.1 Å². The number of amides is 1. The Morgan fingerprint density at radius 3 is 2.38 bits per heavy atom. The van der Waals surface area contributed by atoms with Crippen LogP contribution in [0.5, 0.6) is 0 Å². The minimum atomic E-state index is -0.0996. The van der Waals surface area contributed by atoms with E-state index in [0.717, 1.165) is 24.3 Å². The van der Waals surface area contributed by atoms with Gasteiger partial charge in [-0.1, -0.05) is 31.7 Å². The maximum absolute atomic E-state index is 12.1. The van der Waals surface area contributed by atoms with Crippen molar-refractivity contribution in [2.75, 3.05) is 16.8 Å². The maximum atomic E-state index is 12.1. The molecule has 3 nitrogen and oxygen atoms in total. The van der Waals surface area contributed by atoms with Gasteiger partial charge in [-0.3, -0.25) is 4.79 Å². The van der Waals surface area contributed by atoms with Gasteiger partial charge in [-0.05, 0) is 49.0 Å². The van der Waals surface area contributed by atoms with E-state index in [4.69, 9.17) is 0 Å². The van der Waals surface area contributed by atoms with Crippen molar-refractivity contribution in [3.63, 3.8) is 0 Å². The van der Waals surface area contributed by atoms with Crippen LogP contribution < -0.4 is 10.2 Å². The van der Waals surface area contributed by atoms with Crippen molar-refractivity contribution >= 4 is 17.3 Å². The van der Waals surface area contributed by atoms with Crippen LogP contribution in [0.15, 0.2) is 67.4 Å². The topological polar surface area (TPSA) is 32.3 Å². The second-order valence-electron chi connectivity index (χ2n) is 4.74. The molecule has 1 N–H and O–H groups in total. The van der Waals surface area contributed by atoms with Crippen LogP contribution >= 0.6 is 0 Å². The number of anilines is 2. The van der Waals surface area contributed by atoms with Gasteiger partial charge in [0.2, 0.25) is 0 Å². The summed E-state index contributed by atoms with van der Waals surface area (Å²) in [6.07, 6.45) is 2.87. The molecule has 0 bridgehead atoms. The zero-order chi connectivity index (χ0) is 15.1. The molecule has 2 aromatic rings. The van der Waals surface area contributed by atoms with E-state index >= 15 is 0 Å². The molecule has 0 aliphatic heterocycles. The normalized spacial score (nSPS) is 9.95. The van der Waals surface area contributed by atoms with E-state index < -0.39 is 0 Å². The fourth-order valence-corrected chi connectivity index (χ4v) is 2.10. The highest BCUT2D eigenvalue weighted by atomic mass is 16.1. The van der Waals surface area contributed by atoms with Crippen LogP contribution in [-0.2, 0) is 0 Å². The number of benzene rings is 2. The average Bonchev–Trinajstić information content (AvgIpc) is 2.54. The summed E-state index contributed by atoms with van der Waals surface area (Å²) < 4.78 is 0. The molecule has 108 valence electrons. The van der Waals surface area contributed by atoms with Crippen LogP contribution in [0.25, 0.3) is 0 Å². The number of hydrogen-bond acceptors (Lipinski definition) is 2. The monoisotopic (exact) mass is 280 g/mol. The second-order valence-corrected chi connectivity index (χ2v) is 4.74. The van der Waals surface area contributed by atoms with Gasteiger partial charge >= 0.3 is 0 Å². The average molecular weight is 280 g/mol. The molecule has 0 saturated carbocycles. The van der Waals surface area contributed by atoms with Gasteiger partial charge in [0.1, 0.15) is 0 Å². The van der Waals surface area contributed by atoms with E-state index in [9.17, 15) is 4.79 Å². The highest BCUT2D eigenvalue weighted by molar-refractivity contribution is 6.04. The smallest absolute Gasteiger partial charge is 0.255 e. The lowest BCUT2D eigenvalue weighted by Gasteiger charge is -2.19. The molecule has 0 fully saturated rings. The number of carbonyl (C=O) groups is 1. The Hall–Kier alpha value is -2.55. The fraction of sp³-hybridized carbons (Fsp3) is 0.167. The lowest BCUT2D eigenvalue weighted by atomic mass is 10.2. The third kappa shape index (κ3) is 3.96. The minimum absolute atomic E-state index is 0.0996. The summed E-state index contributed by atoms with van der Waals surface area (Å²) in [5, 5.41) is 2.89. The first-order valence-corrected chi connectivity index (χ1v) is 7.10. The summed E-state index contributed by atoms with van der Waals surface area (Å²) in [6.45, 7) is 6.88. The molecule has 0 aliphatic rings. The summed E-state index contributed by atoms with van der Waals surface area (Å²) in [4.78, 5) is 14.1. The molecular formula is C18H20N2O. The lowest BCUT2D eigenvalue weighted by Crippen LogP contribution is -2.16. The zero-order valence-corrected chi connectivity index (χ0v) is 12.3. The van der Waals surface area contributed by atoms with Crippen molar-refractivity contribution in [1.82, 2.24) is 0 Å². The Morgan fingerprint density at radius 2 is 1.81 bits per heavy atom. The van der Waals surface area contributed by atoms with Crippen molar-refractivity contribution in [1.29, 1.82) is 0 Å². The van der Waals surface area contributed by atoms with Crippen molar-refractivity contribution in [3.8, 4) is 0 Å². The molecule has 3 heteroatoms. The first kappa shape index (κ1) is 14.9. The molecule has 0 radical (unpaired) electrons. The van der Waals surface area contributed by atoms with Crippen LogP contribution in [0.4, 0.5) is 11.4 Å². The van der Waals surface area contributed by atoms with E-state index in [2.05, 4.69) is 23.7 Å². The molecule has 0 spiro atoms. The third-order valence-corrected chi connectivity index (χ3v) is 3.18. The van der Waals surface area contributed by atoms with Gasteiger partial charge in [-0.25, -0.2) is 0 Å². The molecule has 0 saturated heterocycles. The van der Waals surface area contributed by atoms with Crippen LogP contribution in [0.1, 0.15) is 23.7 Å². The van der Waals surface area contributed by atoms with Crippen LogP contribution in [-0.4, -0.2) is 12.5 Å². The molecule has 0 heterocycles. The van der Waals surface area contributed by atoms with Gasteiger partial charge < -0.3 is 10.2 Å². The second kappa shape index (κ2) is 7.29. The summed E-state index contributed by atoms with van der Waals surface area (Å²) in [7, 11) is 0. The predicted molar refractivity (Wildman–Crippen MR) is 88.7 cm³/mol. The van der Waals surface area contributed by atoms with Crippen molar-refractivity contribution in [3.05, 3.63) is 72.9 Å². The fourth-order valence-electron chi connectivity index (χ4n) is 2.10. The molecule has 0 unspecified atom stereocenters. The Kier molecular flexibility index (Phi) is 5.16. The SMILES string of the molecule is C=CN(CCC)c1ccc(NC(=O)c2ccccc2)cc1. The number of rotatable bonds is 6. The van der Waals surface area contributed by atoms with E-state index in [-0.39, 0.29) is 5.91 Å². The maximum Gasteiger partial charge on any atom is 0.255 e. The molecule has 0 aliphatic carbocycles. The molecular weight excluding hydrogens is 260 g/mol. The first-order chi connectivity index (χ1) is 10.2. The molecule has 21 heavy (non-hydrogen) atoms. The zero-order valence-electron chi connectivity index (χ0n) is 12.3. The Morgan fingerprint density at radius 1 is 1.14 bits per heavy atom. The van der Waals surface area contributed by atoms with E-state index in [1.165, 1.54) is 0 Å². The van der Waals surface area contributed by atoms with Gasteiger partial charge in [0.15, 0.2) is 0 Å². The van der Waals surface area contributed by atoms with Crippen molar-refractivity contribution in [2.45, 2.75) is 13.3 Å². The van der Waals surface area contributed by atoms with Crippen LogP contribution in [0.3, 0.4) is 0 Å². The number of hydrogen-bond donors (Lipinski definition) is 1. The van der Waals surface area contributed by atoms with Crippen molar-refractivity contribution < 1.29 is 4.79 Å². The molecule has 2 aromatic carbocycles. The molecule has 0 atom stereocenters. The number of nitrogens with zero attached hydrogens (tertiary/aromatic N) is 1. The van der Waals surface area contributed by atoms with Crippen molar-refractivity contribution in [2.24, 2.45) is 0 Å². The van der Waals surface area contributed by atoms with Crippen LogP contribution in [0.2, 0.25) is 0 Å². The summed E-state index contributed by atoms with van der Waals surface area (Å²) in [6, 6.07) is 17.0. The summed E-state index contributed by atoms with van der Waals surface area (Å²) >= 11 is 0. The molecule has 0 aromatic heterocycles. The Bertz CT molecular complexity index is 590. The van der Waals surface area contributed by atoms with Gasteiger partial charge in [-0.2, -0.15) is 0 Å². The van der Waals surface area contributed by atoms with Crippen LogP contribution in [0, 0.1) is 0 Å². The quantitative estimate of drug-likeness (QED) is 0.855. The molecule has 1 amide bonds. The highest BCUT2D eigenvalue weighted by Gasteiger charge is 2.06. The predicted octanol–water partition coefficient (Wildman–Crippen LogP) is 4.30. The summed E-state index contributed by atoms with van der Waals surface area (Å²) in [5.74, 6) is -0.0996. The van der Waals surface area contributed by atoms with Gasteiger partial charge in [-0.15, -0.1) is 0 Å². The highest BCUT2D eigenvalue weighted by Crippen LogP contribution is 2.19. The van der Waals surface area contributed by atoms with E-state index in [0.29, 0.717) is 5.56 Å². The van der Waals surface area contributed by atoms with Gasteiger partial charge in [0.05, 0.1) is 0 Å². The number of carbonyl (C=O) groups excluding carboxylic acids is 1. The standard InChI is InChI=1S/C18H20N2O/c1-3-14-20(4-2)17-12-10-16(11-13-17)19-18(21)15-8-6-5-7-9-15/h4-13H,2-3,14H2,1H3,(H,19,21). The largest absolute Gasteiger partial charge is 0.349 e. The third-order valence-electron chi connectivity index (χ3n) is 3.18. The minimum Gasteiger partial charge on any atom is -0.349 e. The number of nitrogens with one attached hydrogen (secondary N) is 1. The molecule has 2 rings (SSSR count). The summed E-state index contributed by atoms with van der Waals surface area (Å²) in [5.41, 5.74) is 2.51. The van der Waals surface area contributed by atoms with E-state index in [1.807, 2.05) is 48.7 Å². The Balaban J connectivity index is 2.06.